The summed E-state index contributed by atoms with van der Waals surface area (Å²) in [5.74, 6) is -1.79. The Morgan fingerprint density at radius 2 is 0.783 bits per heavy atom. The molecule has 1 amide bonds. The van der Waals surface area contributed by atoms with Gasteiger partial charge in [-0.3, -0.25) is 9.59 Å². The first-order chi connectivity index (χ1) is 22.6. The lowest BCUT2D eigenvalue weighted by molar-refractivity contribution is -0.145. The molecular formula is C29H55NO16. The quantitative estimate of drug-likeness (QED) is 0.0618. The number of carboxylic acids is 1. The number of ether oxygens (including phenoxy) is 12. The highest BCUT2D eigenvalue weighted by molar-refractivity contribution is 5.77. The van der Waals surface area contributed by atoms with Crippen LogP contribution in [-0.2, 0) is 71.2 Å². The molecule has 0 bridgehead atoms. The Hall–Kier alpha value is -2.03. The van der Waals surface area contributed by atoms with Crippen LogP contribution in [0.5, 0.6) is 0 Å². The molecule has 0 aliphatic carbocycles. The summed E-state index contributed by atoms with van der Waals surface area (Å²) in [5, 5.41) is 11.0. The van der Waals surface area contributed by atoms with Crippen molar-refractivity contribution in [2.24, 2.45) is 0 Å². The fraction of sp³-hybridized carbons (Fsp3) is 0.897. The summed E-state index contributed by atoms with van der Waals surface area (Å²) < 4.78 is 63.4. The summed E-state index contributed by atoms with van der Waals surface area (Å²) in [5.41, 5.74) is 0. The van der Waals surface area contributed by atoms with Crippen LogP contribution in [-0.4, -0.2) is 181 Å². The van der Waals surface area contributed by atoms with Crippen LogP contribution >= 0.6 is 0 Å². The van der Waals surface area contributed by atoms with Crippen molar-refractivity contribution in [1.29, 1.82) is 0 Å². The number of hydrogen-bond acceptors (Lipinski definition) is 15. The van der Waals surface area contributed by atoms with Crippen molar-refractivity contribution in [2.45, 2.75) is 13.3 Å². The maximum absolute atomic E-state index is 11.3. The van der Waals surface area contributed by atoms with E-state index < -0.39 is 18.5 Å². The van der Waals surface area contributed by atoms with E-state index in [1.54, 1.807) is 6.92 Å². The minimum absolute atomic E-state index is 0.247. The zero-order chi connectivity index (χ0) is 33.6. The van der Waals surface area contributed by atoms with E-state index in [1.165, 1.54) is 0 Å². The third-order valence-electron chi connectivity index (χ3n) is 5.13. The van der Waals surface area contributed by atoms with Crippen molar-refractivity contribution < 1.29 is 76.3 Å². The van der Waals surface area contributed by atoms with Crippen LogP contribution in [0.1, 0.15) is 13.3 Å². The molecule has 2 N–H and O–H groups in total. The Morgan fingerprint density at radius 1 is 0.457 bits per heavy atom. The van der Waals surface area contributed by atoms with Gasteiger partial charge in [-0.2, -0.15) is 0 Å². The number of nitrogens with one attached hydrogen (secondary N) is 1. The van der Waals surface area contributed by atoms with Gasteiger partial charge in [-0.25, -0.2) is 4.79 Å². The van der Waals surface area contributed by atoms with Crippen molar-refractivity contribution in [1.82, 2.24) is 5.32 Å². The number of esters is 1. The first-order valence-electron chi connectivity index (χ1n) is 15.6. The molecule has 272 valence electrons. The van der Waals surface area contributed by atoms with Crippen molar-refractivity contribution in [2.75, 3.05) is 159 Å². The molecule has 0 unspecified atom stereocenters. The molecule has 0 aromatic rings. The van der Waals surface area contributed by atoms with Crippen LogP contribution in [0.25, 0.3) is 0 Å². The van der Waals surface area contributed by atoms with Gasteiger partial charge in [-0.15, -0.1) is 0 Å². The van der Waals surface area contributed by atoms with E-state index in [1.807, 2.05) is 0 Å². The molecule has 0 aromatic heterocycles. The minimum Gasteiger partial charge on any atom is -0.480 e. The van der Waals surface area contributed by atoms with Crippen LogP contribution in [0.15, 0.2) is 0 Å². The smallest absolute Gasteiger partial charge is 0.329 e. The molecular weight excluding hydrogens is 618 g/mol. The van der Waals surface area contributed by atoms with Crippen molar-refractivity contribution in [3.63, 3.8) is 0 Å². The van der Waals surface area contributed by atoms with Crippen molar-refractivity contribution in [3.8, 4) is 0 Å². The van der Waals surface area contributed by atoms with Crippen LogP contribution in [0.2, 0.25) is 0 Å². The molecule has 46 heavy (non-hydrogen) atoms. The van der Waals surface area contributed by atoms with Gasteiger partial charge in [0.1, 0.15) is 13.2 Å². The molecule has 0 aliphatic heterocycles. The maximum Gasteiger partial charge on any atom is 0.329 e. The first kappa shape index (κ1) is 44.0. The molecule has 0 spiro atoms. The van der Waals surface area contributed by atoms with Crippen LogP contribution in [0.4, 0.5) is 0 Å². The molecule has 17 nitrogen and oxygen atoms in total. The molecule has 0 aromatic carbocycles. The van der Waals surface area contributed by atoms with E-state index in [9.17, 15) is 14.4 Å². The van der Waals surface area contributed by atoms with E-state index in [2.05, 4.69) is 10.1 Å². The highest BCUT2D eigenvalue weighted by Crippen LogP contribution is 1.89. The van der Waals surface area contributed by atoms with Gasteiger partial charge in [0.2, 0.25) is 5.91 Å². The van der Waals surface area contributed by atoms with Gasteiger partial charge in [0.05, 0.1) is 145 Å². The third-order valence-corrected chi connectivity index (χ3v) is 5.13. The number of carboxylic acid groups (broad SMARTS) is 1. The second kappa shape index (κ2) is 37.4. The SMILES string of the molecule is CCOC(=O)CCOCCOCCOCCOCCOCCOCCOCCOCCOCCOCCNC(=O)COCC(=O)O. The van der Waals surface area contributed by atoms with Gasteiger partial charge in [-0.05, 0) is 6.92 Å². The summed E-state index contributed by atoms with van der Waals surface area (Å²) in [6.45, 7) is 10.4. The zero-order valence-corrected chi connectivity index (χ0v) is 27.2. The number of carbonyl (C=O) groups is 3. The lowest BCUT2D eigenvalue weighted by Gasteiger charge is -2.09. The molecule has 0 rings (SSSR count). The summed E-state index contributed by atoms with van der Waals surface area (Å²) >= 11 is 0. The predicted molar refractivity (Wildman–Crippen MR) is 161 cm³/mol. The van der Waals surface area contributed by atoms with Gasteiger partial charge in [0, 0.05) is 6.54 Å². The lowest BCUT2D eigenvalue weighted by atomic mass is 10.5. The number of amides is 1. The minimum atomic E-state index is -1.13. The van der Waals surface area contributed by atoms with E-state index in [-0.39, 0.29) is 19.0 Å². The maximum atomic E-state index is 11.3. The predicted octanol–water partition coefficient (Wildman–Crippen LogP) is -0.677. The first-order valence-corrected chi connectivity index (χ1v) is 15.6. The second-order valence-corrected chi connectivity index (χ2v) is 8.92. The van der Waals surface area contributed by atoms with Gasteiger partial charge in [0.15, 0.2) is 0 Å². The summed E-state index contributed by atoms with van der Waals surface area (Å²) in [7, 11) is 0. The van der Waals surface area contributed by atoms with Gasteiger partial charge in [-0.1, -0.05) is 0 Å². The number of rotatable bonds is 38. The second-order valence-electron chi connectivity index (χ2n) is 8.92. The molecule has 0 radical (unpaired) electrons. The fourth-order valence-electron chi connectivity index (χ4n) is 3.01. The van der Waals surface area contributed by atoms with E-state index in [4.69, 9.17) is 57.2 Å². The van der Waals surface area contributed by atoms with E-state index >= 15 is 0 Å². The molecule has 0 heterocycles. The summed E-state index contributed by atoms with van der Waals surface area (Å²) in [6, 6.07) is 0. The van der Waals surface area contributed by atoms with Crippen molar-refractivity contribution >= 4 is 17.8 Å². The number of aliphatic carboxylic acids is 1. The zero-order valence-electron chi connectivity index (χ0n) is 27.2. The molecule has 0 atom stereocenters. The van der Waals surface area contributed by atoms with E-state index in [0.29, 0.717) is 145 Å². The van der Waals surface area contributed by atoms with Gasteiger partial charge >= 0.3 is 11.9 Å². The Morgan fingerprint density at radius 3 is 1.11 bits per heavy atom. The molecule has 0 aliphatic rings. The van der Waals surface area contributed by atoms with Crippen molar-refractivity contribution in [3.05, 3.63) is 0 Å². The van der Waals surface area contributed by atoms with E-state index in [0.717, 1.165) is 0 Å². The average Bonchev–Trinajstić information content (AvgIpc) is 3.03. The van der Waals surface area contributed by atoms with Crippen LogP contribution < -0.4 is 5.32 Å². The summed E-state index contributed by atoms with van der Waals surface area (Å²) in [6.07, 6.45) is 0.247. The Kier molecular flexibility index (Phi) is 35.8. The molecule has 0 fully saturated rings. The molecule has 0 saturated heterocycles. The average molecular weight is 674 g/mol. The number of carbonyl (C=O) groups excluding carboxylic acids is 2. The lowest BCUT2D eigenvalue weighted by Crippen LogP contribution is -2.31. The highest BCUT2D eigenvalue weighted by atomic mass is 16.6. The van der Waals surface area contributed by atoms with Gasteiger partial charge in [0.25, 0.3) is 0 Å². The van der Waals surface area contributed by atoms with Crippen LogP contribution in [0, 0.1) is 0 Å². The Labute approximate surface area is 271 Å². The van der Waals surface area contributed by atoms with Crippen LogP contribution in [0.3, 0.4) is 0 Å². The highest BCUT2D eigenvalue weighted by Gasteiger charge is 2.03. The Bertz CT molecular complexity index is 688. The number of hydrogen-bond donors (Lipinski definition) is 2. The standard InChI is InChI=1S/C29H55NO16/c1-2-46-29(34)3-5-35-7-9-37-11-13-39-15-17-41-19-21-43-23-24-44-22-20-42-18-16-40-14-12-38-10-8-36-6-4-30-27(31)25-45-26-28(32)33/h2-26H2,1H3,(H,30,31)(H,32,33). The third kappa shape index (κ3) is 38.2. The molecule has 17 heteroatoms. The monoisotopic (exact) mass is 673 g/mol. The topological polar surface area (TPSA) is 194 Å². The normalized spacial score (nSPS) is 11.2. The summed E-state index contributed by atoms with van der Waals surface area (Å²) in [4.78, 5) is 32.8. The molecule has 0 saturated carbocycles. The Balaban J connectivity index is 3.11. The van der Waals surface area contributed by atoms with Gasteiger partial charge < -0.3 is 67.3 Å². The fourth-order valence-corrected chi connectivity index (χ4v) is 3.01. The largest absolute Gasteiger partial charge is 0.480 e.